The second-order valence-electron chi connectivity index (χ2n) is 16.1. The molecule has 2 N–H and O–H groups in total. The Labute approximate surface area is 309 Å². The summed E-state index contributed by atoms with van der Waals surface area (Å²) in [6.07, 6.45) is 0.0153. The smallest absolute Gasteiger partial charge is 0.397 e. The number of phenols is 1. The Morgan fingerprint density at radius 2 is 1.04 bits per heavy atom. The fourth-order valence-electron chi connectivity index (χ4n) is 4.83. The molecule has 0 heterocycles. The minimum Gasteiger partial charge on any atom is -0.507 e. The summed E-state index contributed by atoms with van der Waals surface area (Å²) in [4.78, 5) is 15.1. The van der Waals surface area contributed by atoms with E-state index in [1.165, 1.54) is 0 Å². The van der Waals surface area contributed by atoms with Gasteiger partial charge in [0.2, 0.25) is 0 Å². The number of thioether (sulfide) groups is 2. The summed E-state index contributed by atoms with van der Waals surface area (Å²) in [5, 5.41) is 11.2. The van der Waals surface area contributed by atoms with Crippen molar-refractivity contribution in [2.75, 3.05) is 6.61 Å². The third-order valence-corrected chi connectivity index (χ3v) is 9.97. The van der Waals surface area contributed by atoms with Crippen molar-refractivity contribution < 1.29 is 31.8 Å². The molecule has 2 aromatic rings. The number of hydrogen-bond donors (Lipinski definition) is 2. The number of benzene rings is 2. The first-order valence-corrected chi connectivity index (χ1v) is 18.3. The Morgan fingerprint density at radius 1 is 0.696 bits per heavy atom. The van der Waals surface area contributed by atoms with Crippen LogP contribution in [0.15, 0.2) is 34.1 Å². The first-order valence-electron chi connectivity index (χ1n) is 15.3. The number of aromatic hydroxyl groups is 1. The third kappa shape index (κ3) is 13.0. The van der Waals surface area contributed by atoms with Crippen molar-refractivity contribution in [3.8, 4) is 11.5 Å². The van der Waals surface area contributed by atoms with Crippen molar-refractivity contribution in [1.29, 1.82) is 0 Å². The van der Waals surface area contributed by atoms with Gasteiger partial charge in [0.25, 0.3) is 0 Å². The van der Waals surface area contributed by atoms with E-state index in [9.17, 15) is 18.3 Å². The van der Waals surface area contributed by atoms with Gasteiger partial charge in [0.1, 0.15) is 11.5 Å². The van der Waals surface area contributed by atoms with E-state index in [-0.39, 0.29) is 74.7 Å². The molecule has 7 nitrogen and oxygen atoms in total. The van der Waals surface area contributed by atoms with E-state index >= 15 is 0 Å². The van der Waals surface area contributed by atoms with Crippen LogP contribution in [-0.4, -0.2) is 64.3 Å². The molecule has 1 radical (unpaired) electrons. The van der Waals surface area contributed by atoms with E-state index in [4.69, 9.17) is 9.29 Å². The van der Waals surface area contributed by atoms with Crippen LogP contribution in [-0.2, 0) is 41.0 Å². The van der Waals surface area contributed by atoms with E-state index in [2.05, 4.69) is 125 Å². The molecular weight excluding hydrogens is 652 g/mol. The van der Waals surface area contributed by atoms with Crippen LogP contribution in [0, 0.1) is 0 Å². The summed E-state index contributed by atoms with van der Waals surface area (Å²) in [6, 6.07) is 8.43. The summed E-state index contributed by atoms with van der Waals surface area (Å²) >= 11 is 3.50. The molecule has 0 atom stereocenters. The van der Waals surface area contributed by atoms with E-state index < -0.39 is 16.4 Å². The first-order chi connectivity index (χ1) is 20.0. The molecule has 0 aliphatic rings. The van der Waals surface area contributed by atoms with Gasteiger partial charge in [-0.15, -0.1) is 23.5 Å². The number of ether oxygens (including phenoxy) is 1. The fourth-order valence-corrected chi connectivity index (χ4v) is 7.74. The van der Waals surface area contributed by atoms with Crippen LogP contribution in [0.3, 0.4) is 0 Å². The Bertz CT molecular complexity index is 1420. The fraction of sp³-hybridized carbons (Fsp3) is 0.629. The van der Waals surface area contributed by atoms with Crippen LogP contribution >= 0.6 is 23.5 Å². The molecule has 0 saturated heterocycles. The molecule has 11 heteroatoms. The van der Waals surface area contributed by atoms with E-state index in [1.54, 1.807) is 23.5 Å². The zero-order valence-corrected chi connectivity index (χ0v) is 35.0. The molecule has 0 aliphatic carbocycles. The Balaban J connectivity index is 0.0000106. The molecule has 0 bridgehead atoms. The molecule has 2 rings (SSSR count). The number of hydrogen-bond acceptors (Lipinski definition) is 8. The van der Waals surface area contributed by atoms with Crippen molar-refractivity contribution >= 4 is 69.4 Å². The molecular formula is C35H54NaO7S3. The summed E-state index contributed by atoms with van der Waals surface area (Å²) in [5.41, 5.74) is 2.51. The zero-order valence-electron chi connectivity index (χ0n) is 30.6. The van der Waals surface area contributed by atoms with Gasteiger partial charge in [-0.3, -0.25) is 9.35 Å². The predicted molar refractivity (Wildman–Crippen MR) is 193 cm³/mol. The van der Waals surface area contributed by atoms with Crippen molar-refractivity contribution in [1.82, 2.24) is 0 Å². The van der Waals surface area contributed by atoms with Crippen LogP contribution in [0.2, 0.25) is 0 Å². The molecule has 0 unspecified atom stereocenters. The topological polar surface area (TPSA) is 110 Å². The molecule has 0 amide bonds. The maximum absolute atomic E-state index is 12.9. The monoisotopic (exact) mass is 705 g/mol. The second-order valence-corrected chi connectivity index (χ2v) is 20.9. The maximum atomic E-state index is 12.9. The summed E-state index contributed by atoms with van der Waals surface area (Å²) in [7, 11) is -4.56. The van der Waals surface area contributed by atoms with Gasteiger partial charge in [-0.1, -0.05) is 83.1 Å². The maximum Gasteiger partial charge on any atom is 0.397 e. The van der Waals surface area contributed by atoms with Crippen molar-refractivity contribution in [3.63, 3.8) is 0 Å². The minimum atomic E-state index is -4.56. The number of carbonyl (C=O) groups excluding carboxylic acids is 1. The largest absolute Gasteiger partial charge is 0.507 e. The molecule has 0 aliphatic heterocycles. The second kappa shape index (κ2) is 15.4. The Hall–Kier alpha value is -0.720. The van der Waals surface area contributed by atoms with Gasteiger partial charge in [0.05, 0.1) is 10.7 Å². The van der Waals surface area contributed by atoms with Crippen LogP contribution in [0.5, 0.6) is 11.5 Å². The van der Waals surface area contributed by atoms with Crippen molar-refractivity contribution in [2.24, 2.45) is 0 Å². The molecule has 0 spiro atoms. The predicted octanol–water partition coefficient (Wildman–Crippen LogP) is 9.33. The summed E-state index contributed by atoms with van der Waals surface area (Å²) in [6.45, 7) is 29.3. The van der Waals surface area contributed by atoms with E-state index in [0.717, 1.165) is 32.0 Å². The van der Waals surface area contributed by atoms with Crippen molar-refractivity contribution in [3.05, 3.63) is 46.5 Å². The number of phenolic OH excluding ortho intramolecular Hbond substituents is 1. The van der Waals surface area contributed by atoms with Crippen molar-refractivity contribution in [2.45, 2.75) is 145 Å². The third-order valence-electron chi connectivity index (χ3n) is 7.08. The first kappa shape index (κ1) is 43.3. The zero-order chi connectivity index (χ0) is 35.0. The molecule has 0 aromatic heterocycles. The van der Waals surface area contributed by atoms with Gasteiger partial charge in [-0.25, -0.2) is 4.18 Å². The minimum absolute atomic E-state index is 0. The standard InChI is InChI=1S/C35H54O7S3.Na/c1-31(2,3)24-18-22(19-25(29(24)37)32(4,5)6)43-35(13,14)44-23-20-26(33(7,8)9)30(27(21-23)34(10,11)12)42-28(36)16-15-17-41-45(38,39)40;/h18-21,37H,15-17H2,1-14H3,(H,38,39,40);. The molecule has 0 saturated carbocycles. The number of rotatable bonds is 10. The average molecular weight is 706 g/mol. The van der Waals surface area contributed by atoms with Gasteiger partial charge in [0, 0.05) is 68.0 Å². The number of esters is 1. The number of carbonyl (C=O) groups is 1. The summed E-state index contributed by atoms with van der Waals surface area (Å²) in [5.74, 6) is 0.386. The van der Waals surface area contributed by atoms with Crippen LogP contribution in [0.1, 0.15) is 132 Å². The van der Waals surface area contributed by atoms with Gasteiger partial charge in [0.15, 0.2) is 0 Å². The molecule has 0 fully saturated rings. The van der Waals surface area contributed by atoms with Crippen LogP contribution in [0.25, 0.3) is 0 Å². The van der Waals surface area contributed by atoms with Gasteiger partial charge in [-0.2, -0.15) is 8.42 Å². The van der Waals surface area contributed by atoms with Gasteiger partial charge < -0.3 is 9.84 Å². The quantitative estimate of drug-likeness (QED) is 0.0475. The Kier molecular flexibility index (Phi) is 14.5. The van der Waals surface area contributed by atoms with Crippen LogP contribution in [0.4, 0.5) is 0 Å². The van der Waals surface area contributed by atoms with Gasteiger partial charge in [-0.05, 0) is 66.2 Å². The van der Waals surface area contributed by atoms with E-state index in [0.29, 0.717) is 11.5 Å². The normalized spacial score (nSPS) is 13.4. The Morgan fingerprint density at radius 3 is 1.37 bits per heavy atom. The molecule has 255 valence electrons. The molecule has 46 heavy (non-hydrogen) atoms. The molecule has 2 aromatic carbocycles. The summed E-state index contributed by atoms with van der Waals surface area (Å²) < 4.78 is 40.5. The average Bonchev–Trinajstić information content (AvgIpc) is 2.79. The van der Waals surface area contributed by atoms with Crippen LogP contribution < -0.4 is 4.74 Å². The van der Waals surface area contributed by atoms with Gasteiger partial charge >= 0.3 is 16.4 Å². The van der Waals surface area contributed by atoms with E-state index in [1.807, 2.05) is 0 Å². The SMILES string of the molecule is CC(C)(Sc1cc(C(C)(C)C)c(O)c(C(C)(C)C)c1)Sc1cc(C(C)(C)C)c(OC(=O)CCCOS(=O)(=O)O)c(C(C)(C)C)c1.[Na].